The summed E-state index contributed by atoms with van der Waals surface area (Å²) in [4.78, 5) is 57.2. The van der Waals surface area contributed by atoms with Crippen molar-refractivity contribution in [2.75, 3.05) is 6.61 Å². The fourth-order valence-electron chi connectivity index (χ4n) is 3.47. The van der Waals surface area contributed by atoms with Gasteiger partial charge in [-0.25, -0.2) is 0 Å². The number of carbonyl (C=O) groups is 5. The van der Waals surface area contributed by atoms with Gasteiger partial charge >= 0.3 is 23.9 Å². The van der Waals surface area contributed by atoms with Gasteiger partial charge in [0.05, 0.1) is 12.1 Å². The average molecular weight is 445 g/mol. The molecule has 0 bridgehead atoms. The van der Waals surface area contributed by atoms with Gasteiger partial charge in [0.2, 0.25) is 5.91 Å². The maximum absolute atomic E-state index is 11.8. The minimum Gasteiger partial charge on any atom is -0.481 e. The Labute approximate surface area is 180 Å². The Kier molecular flexibility index (Phi) is 10.9. The third-order valence-electron chi connectivity index (χ3n) is 4.60. The first-order chi connectivity index (χ1) is 14.5. The molecule has 1 saturated heterocycles. The molecule has 1 rings (SSSR count). The molecule has 1 aliphatic heterocycles. The zero-order valence-corrected chi connectivity index (χ0v) is 18.3. The van der Waals surface area contributed by atoms with E-state index in [-0.39, 0.29) is 13.0 Å². The number of amides is 1. The lowest BCUT2D eigenvalue weighted by Gasteiger charge is -2.45. The average Bonchev–Trinajstić information content (AvgIpc) is 2.62. The quantitative estimate of drug-likeness (QED) is 0.264. The van der Waals surface area contributed by atoms with Crippen molar-refractivity contribution in [2.24, 2.45) is 0 Å². The number of hydrogen-bond donors (Lipinski definition) is 2. The monoisotopic (exact) mass is 445 g/mol. The minimum absolute atomic E-state index is 0.0420. The second kappa shape index (κ2) is 12.9. The summed E-state index contributed by atoms with van der Waals surface area (Å²) in [6, 6.07) is -0.821. The summed E-state index contributed by atoms with van der Waals surface area (Å²) in [6.45, 7) is 4.63. The summed E-state index contributed by atoms with van der Waals surface area (Å²) >= 11 is 0. The predicted octanol–water partition coefficient (Wildman–Crippen LogP) is 0.720. The van der Waals surface area contributed by atoms with Gasteiger partial charge < -0.3 is 29.4 Å². The zero-order valence-electron chi connectivity index (χ0n) is 18.3. The first-order valence-electron chi connectivity index (χ1n) is 10.1. The number of unbranched alkanes of at least 4 members (excludes halogenated alkanes) is 2. The summed E-state index contributed by atoms with van der Waals surface area (Å²) in [5, 5.41) is 11.5. The van der Waals surface area contributed by atoms with Gasteiger partial charge in [-0.05, 0) is 12.8 Å². The van der Waals surface area contributed by atoms with Crippen molar-refractivity contribution in [1.82, 2.24) is 5.32 Å². The number of aliphatic carboxylic acids is 1. The van der Waals surface area contributed by atoms with Crippen LogP contribution in [0.15, 0.2) is 0 Å². The number of nitrogens with one attached hydrogen (secondary N) is 1. The van der Waals surface area contributed by atoms with E-state index in [9.17, 15) is 24.0 Å². The lowest BCUT2D eigenvalue weighted by molar-refractivity contribution is -0.224. The molecule has 1 aliphatic rings. The maximum atomic E-state index is 11.8. The molecule has 11 nitrogen and oxygen atoms in total. The Hall–Kier alpha value is -2.69. The SMILES string of the molecule is CC(=O)NC1C(CCCCCC(=O)O)OC(COC(C)=O)C(OC(C)=O)C1OC(C)=O. The molecule has 1 fully saturated rings. The van der Waals surface area contributed by atoms with Crippen LogP contribution < -0.4 is 5.32 Å². The van der Waals surface area contributed by atoms with E-state index in [1.54, 1.807) is 0 Å². The van der Waals surface area contributed by atoms with Crippen LogP contribution in [-0.2, 0) is 42.9 Å². The summed E-state index contributed by atoms with van der Waals surface area (Å²) in [6.07, 6.45) is -1.63. The molecule has 31 heavy (non-hydrogen) atoms. The summed E-state index contributed by atoms with van der Waals surface area (Å²) in [5.74, 6) is -3.16. The van der Waals surface area contributed by atoms with Gasteiger partial charge in [-0.3, -0.25) is 24.0 Å². The Morgan fingerprint density at radius 2 is 1.45 bits per heavy atom. The second-order valence-corrected chi connectivity index (χ2v) is 7.38. The fraction of sp³-hybridized carbons (Fsp3) is 0.750. The van der Waals surface area contributed by atoms with Crippen LogP contribution in [0.2, 0.25) is 0 Å². The molecular weight excluding hydrogens is 414 g/mol. The van der Waals surface area contributed by atoms with Gasteiger partial charge in [0, 0.05) is 34.1 Å². The first-order valence-corrected chi connectivity index (χ1v) is 10.1. The standard InChI is InChI=1S/C20H31NO10/c1-11(22)21-18-15(8-6-5-7-9-17(26)27)31-16(10-28-12(2)23)19(29-13(3)24)20(18)30-14(4)25/h15-16,18-20H,5-10H2,1-4H3,(H,21,22)(H,26,27). The van der Waals surface area contributed by atoms with E-state index in [1.807, 2.05) is 0 Å². The van der Waals surface area contributed by atoms with Crippen LogP contribution >= 0.6 is 0 Å². The molecule has 5 atom stereocenters. The van der Waals surface area contributed by atoms with Crippen molar-refractivity contribution < 1.29 is 48.0 Å². The number of carbonyl (C=O) groups excluding carboxylic acids is 4. The highest BCUT2D eigenvalue weighted by molar-refractivity contribution is 5.73. The molecule has 0 aromatic carbocycles. The van der Waals surface area contributed by atoms with E-state index in [1.165, 1.54) is 27.7 Å². The van der Waals surface area contributed by atoms with Crippen molar-refractivity contribution in [1.29, 1.82) is 0 Å². The number of rotatable bonds is 11. The molecule has 0 saturated carbocycles. The van der Waals surface area contributed by atoms with Gasteiger partial charge in [-0.15, -0.1) is 0 Å². The molecule has 11 heteroatoms. The third-order valence-corrected chi connectivity index (χ3v) is 4.60. The van der Waals surface area contributed by atoms with Crippen LogP contribution in [0.3, 0.4) is 0 Å². The zero-order chi connectivity index (χ0) is 23.6. The van der Waals surface area contributed by atoms with Gasteiger partial charge in [-0.2, -0.15) is 0 Å². The van der Waals surface area contributed by atoms with E-state index in [4.69, 9.17) is 24.1 Å². The number of hydrogen-bond acceptors (Lipinski definition) is 9. The summed E-state index contributed by atoms with van der Waals surface area (Å²) in [7, 11) is 0. The van der Waals surface area contributed by atoms with E-state index < -0.39 is 60.2 Å². The molecule has 0 spiro atoms. The lowest BCUT2D eigenvalue weighted by Crippen LogP contribution is -2.66. The van der Waals surface area contributed by atoms with Crippen molar-refractivity contribution in [2.45, 2.75) is 90.3 Å². The van der Waals surface area contributed by atoms with Crippen LogP contribution in [-0.4, -0.2) is 72.0 Å². The Morgan fingerprint density at radius 1 is 0.839 bits per heavy atom. The van der Waals surface area contributed by atoms with Crippen LogP contribution in [0.25, 0.3) is 0 Å². The number of ether oxygens (including phenoxy) is 4. The fourth-order valence-corrected chi connectivity index (χ4v) is 3.47. The van der Waals surface area contributed by atoms with Crippen molar-refractivity contribution in [3.8, 4) is 0 Å². The second-order valence-electron chi connectivity index (χ2n) is 7.38. The largest absolute Gasteiger partial charge is 0.481 e. The third kappa shape index (κ3) is 9.77. The number of carboxylic acid groups (broad SMARTS) is 1. The van der Waals surface area contributed by atoms with Crippen LogP contribution in [0.1, 0.15) is 59.8 Å². The molecular formula is C20H31NO10. The van der Waals surface area contributed by atoms with Crippen molar-refractivity contribution in [3.63, 3.8) is 0 Å². The van der Waals surface area contributed by atoms with E-state index in [0.717, 1.165) is 0 Å². The predicted molar refractivity (Wildman–Crippen MR) is 105 cm³/mol. The van der Waals surface area contributed by atoms with Crippen LogP contribution in [0.5, 0.6) is 0 Å². The Morgan fingerprint density at radius 3 is 1.97 bits per heavy atom. The highest BCUT2D eigenvalue weighted by Gasteiger charge is 2.50. The molecule has 1 amide bonds. The van der Waals surface area contributed by atoms with Crippen molar-refractivity contribution >= 4 is 29.8 Å². The number of carboxylic acids is 1. The minimum atomic E-state index is -1.11. The molecule has 0 radical (unpaired) electrons. The number of esters is 3. The van der Waals surface area contributed by atoms with Crippen molar-refractivity contribution in [3.05, 3.63) is 0 Å². The lowest BCUT2D eigenvalue weighted by atomic mass is 9.89. The van der Waals surface area contributed by atoms with Gasteiger partial charge in [0.1, 0.15) is 12.7 Å². The molecule has 0 aromatic rings. The maximum Gasteiger partial charge on any atom is 0.303 e. The molecule has 0 aliphatic carbocycles. The van der Waals surface area contributed by atoms with Gasteiger partial charge in [0.15, 0.2) is 12.2 Å². The summed E-state index contributed by atoms with van der Waals surface area (Å²) < 4.78 is 21.8. The van der Waals surface area contributed by atoms with Crippen LogP contribution in [0.4, 0.5) is 0 Å². The smallest absolute Gasteiger partial charge is 0.303 e. The molecule has 0 aromatic heterocycles. The van der Waals surface area contributed by atoms with Crippen LogP contribution in [0, 0.1) is 0 Å². The normalized spacial score (nSPS) is 25.2. The van der Waals surface area contributed by atoms with Gasteiger partial charge in [0.25, 0.3) is 0 Å². The first kappa shape index (κ1) is 26.3. The molecule has 1 heterocycles. The Balaban J connectivity index is 3.11. The van der Waals surface area contributed by atoms with E-state index >= 15 is 0 Å². The summed E-state index contributed by atoms with van der Waals surface area (Å²) in [5.41, 5.74) is 0. The Bertz CT molecular complexity index is 664. The van der Waals surface area contributed by atoms with E-state index in [0.29, 0.717) is 25.7 Å². The topological polar surface area (TPSA) is 155 Å². The van der Waals surface area contributed by atoms with E-state index in [2.05, 4.69) is 5.32 Å². The molecule has 5 unspecified atom stereocenters. The highest BCUT2D eigenvalue weighted by atomic mass is 16.6. The van der Waals surface area contributed by atoms with Gasteiger partial charge in [-0.1, -0.05) is 12.8 Å². The molecule has 176 valence electrons. The molecule has 2 N–H and O–H groups in total. The highest BCUT2D eigenvalue weighted by Crippen LogP contribution is 2.29.